The molecule has 1 aliphatic rings. The third-order valence-electron chi connectivity index (χ3n) is 4.93. The van der Waals surface area contributed by atoms with Gasteiger partial charge >= 0.3 is 0 Å². The second-order valence-electron chi connectivity index (χ2n) is 6.77. The van der Waals surface area contributed by atoms with E-state index in [4.69, 9.17) is 0 Å². The van der Waals surface area contributed by atoms with Crippen LogP contribution in [0.2, 0.25) is 0 Å². The standard InChI is InChI=1S/C18H26N6/c1-13-7-9-21-23-17(13)19-11-15-3-5-16(6-4-15)12-20-18-14(2)8-10-22-24-18/h7-10,15-16H,3-6,11-12H2,1-2H3,(H,19,23)(H,20,24). The van der Waals surface area contributed by atoms with Gasteiger partial charge in [-0.1, -0.05) is 0 Å². The first-order valence-corrected chi connectivity index (χ1v) is 8.76. The van der Waals surface area contributed by atoms with Gasteiger partial charge in [0.1, 0.15) is 0 Å². The van der Waals surface area contributed by atoms with Crippen LogP contribution in [0.1, 0.15) is 36.8 Å². The molecule has 0 bridgehead atoms. The van der Waals surface area contributed by atoms with E-state index in [1.807, 2.05) is 12.1 Å². The Morgan fingerprint density at radius 1 is 0.792 bits per heavy atom. The number of nitrogens with one attached hydrogen (secondary N) is 2. The summed E-state index contributed by atoms with van der Waals surface area (Å²) in [6.07, 6.45) is 8.52. The summed E-state index contributed by atoms with van der Waals surface area (Å²) in [7, 11) is 0. The molecule has 0 aromatic carbocycles. The van der Waals surface area contributed by atoms with Crippen molar-refractivity contribution >= 4 is 11.6 Å². The largest absolute Gasteiger partial charge is 0.368 e. The molecule has 2 aromatic rings. The molecule has 0 unspecified atom stereocenters. The van der Waals surface area contributed by atoms with Crippen LogP contribution in [0.3, 0.4) is 0 Å². The third kappa shape index (κ3) is 4.40. The Morgan fingerprint density at radius 3 is 1.58 bits per heavy atom. The summed E-state index contributed by atoms with van der Waals surface area (Å²) in [4.78, 5) is 0. The summed E-state index contributed by atoms with van der Waals surface area (Å²) < 4.78 is 0. The minimum Gasteiger partial charge on any atom is -0.368 e. The Balaban J connectivity index is 1.40. The molecule has 0 aliphatic heterocycles. The van der Waals surface area contributed by atoms with Crippen LogP contribution in [-0.4, -0.2) is 33.5 Å². The maximum absolute atomic E-state index is 4.16. The van der Waals surface area contributed by atoms with E-state index in [1.165, 1.54) is 25.7 Å². The quantitative estimate of drug-likeness (QED) is 0.849. The number of anilines is 2. The molecule has 24 heavy (non-hydrogen) atoms. The van der Waals surface area contributed by atoms with E-state index in [9.17, 15) is 0 Å². The molecule has 3 rings (SSSR count). The zero-order valence-corrected chi connectivity index (χ0v) is 14.5. The van der Waals surface area contributed by atoms with Gasteiger partial charge in [0, 0.05) is 13.1 Å². The summed E-state index contributed by atoms with van der Waals surface area (Å²) >= 11 is 0. The Morgan fingerprint density at radius 2 is 1.21 bits per heavy atom. The molecular formula is C18H26N6. The lowest BCUT2D eigenvalue weighted by atomic mass is 9.82. The van der Waals surface area contributed by atoms with Crippen molar-refractivity contribution in [1.29, 1.82) is 0 Å². The molecule has 1 aliphatic carbocycles. The van der Waals surface area contributed by atoms with Crippen LogP contribution in [0.4, 0.5) is 11.6 Å². The molecular weight excluding hydrogens is 300 g/mol. The molecule has 1 saturated carbocycles. The van der Waals surface area contributed by atoms with Crippen molar-refractivity contribution < 1.29 is 0 Å². The maximum Gasteiger partial charge on any atom is 0.151 e. The molecule has 2 heterocycles. The molecule has 128 valence electrons. The van der Waals surface area contributed by atoms with E-state index in [0.717, 1.165) is 47.7 Å². The van der Waals surface area contributed by atoms with Crippen molar-refractivity contribution in [3.8, 4) is 0 Å². The lowest BCUT2D eigenvalue weighted by Crippen LogP contribution is -2.25. The normalized spacial score (nSPS) is 20.6. The highest BCUT2D eigenvalue weighted by molar-refractivity contribution is 5.41. The van der Waals surface area contributed by atoms with Crippen LogP contribution < -0.4 is 10.6 Å². The fourth-order valence-electron chi connectivity index (χ4n) is 3.26. The topological polar surface area (TPSA) is 75.6 Å². The number of hydrogen-bond donors (Lipinski definition) is 2. The zero-order chi connectivity index (χ0) is 16.8. The van der Waals surface area contributed by atoms with Crippen LogP contribution in [0.5, 0.6) is 0 Å². The third-order valence-corrected chi connectivity index (χ3v) is 4.93. The van der Waals surface area contributed by atoms with Crippen LogP contribution in [0, 0.1) is 25.7 Å². The summed E-state index contributed by atoms with van der Waals surface area (Å²) in [6, 6.07) is 3.98. The van der Waals surface area contributed by atoms with E-state index in [-0.39, 0.29) is 0 Å². The molecule has 0 spiro atoms. The number of nitrogens with zero attached hydrogens (tertiary/aromatic N) is 4. The minimum atomic E-state index is 0.723. The van der Waals surface area contributed by atoms with E-state index in [2.05, 4.69) is 44.9 Å². The van der Waals surface area contributed by atoms with E-state index in [0.29, 0.717) is 0 Å². The summed E-state index contributed by atoms with van der Waals surface area (Å²) in [5, 5.41) is 23.1. The van der Waals surface area contributed by atoms with Crippen LogP contribution in [-0.2, 0) is 0 Å². The van der Waals surface area contributed by atoms with Crippen LogP contribution in [0.25, 0.3) is 0 Å². The van der Waals surface area contributed by atoms with Crippen molar-refractivity contribution in [2.45, 2.75) is 39.5 Å². The van der Waals surface area contributed by atoms with Crippen LogP contribution in [0.15, 0.2) is 24.5 Å². The number of hydrogen-bond acceptors (Lipinski definition) is 6. The van der Waals surface area contributed by atoms with Gasteiger partial charge in [0.2, 0.25) is 0 Å². The second kappa shape index (κ2) is 8.04. The Labute approximate surface area is 143 Å². The van der Waals surface area contributed by atoms with Gasteiger partial charge in [0.25, 0.3) is 0 Å². The molecule has 0 saturated heterocycles. The average molecular weight is 326 g/mol. The summed E-state index contributed by atoms with van der Waals surface area (Å²) in [5.74, 6) is 3.28. The first-order valence-electron chi connectivity index (χ1n) is 8.76. The molecule has 0 amide bonds. The van der Waals surface area contributed by atoms with E-state index < -0.39 is 0 Å². The molecule has 2 N–H and O–H groups in total. The molecule has 0 radical (unpaired) electrons. The van der Waals surface area contributed by atoms with E-state index in [1.54, 1.807) is 12.4 Å². The highest BCUT2D eigenvalue weighted by Gasteiger charge is 2.21. The number of rotatable bonds is 6. The van der Waals surface area contributed by atoms with Crippen molar-refractivity contribution in [3.63, 3.8) is 0 Å². The Kier molecular flexibility index (Phi) is 5.56. The van der Waals surface area contributed by atoms with Gasteiger partial charge in [-0.2, -0.15) is 10.2 Å². The number of aromatic nitrogens is 4. The second-order valence-corrected chi connectivity index (χ2v) is 6.77. The number of aryl methyl sites for hydroxylation is 2. The smallest absolute Gasteiger partial charge is 0.151 e. The van der Waals surface area contributed by atoms with Crippen molar-refractivity contribution in [2.75, 3.05) is 23.7 Å². The highest BCUT2D eigenvalue weighted by Crippen LogP contribution is 2.29. The fraction of sp³-hybridized carbons (Fsp3) is 0.556. The average Bonchev–Trinajstić information content (AvgIpc) is 2.61. The minimum absolute atomic E-state index is 0.723. The maximum atomic E-state index is 4.16. The monoisotopic (exact) mass is 326 g/mol. The SMILES string of the molecule is Cc1ccnnc1NCC1CCC(CNc2nnccc2C)CC1. The predicted octanol–water partition coefficient (Wildman–Crippen LogP) is 3.21. The van der Waals surface area contributed by atoms with Gasteiger partial charge in [0.05, 0.1) is 12.4 Å². The van der Waals surface area contributed by atoms with Gasteiger partial charge in [0.15, 0.2) is 11.6 Å². The summed E-state index contributed by atoms with van der Waals surface area (Å²) in [6.45, 7) is 6.11. The van der Waals surface area contributed by atoms with Gasteiger partial charge in [-0.25, -0.2) is 0 Å². The van der Waals surface area contributed by atoms with Gasteiger partial charge in [-0.05, 0) is 74.6 Å². The van der Waals surface area contributed by atoms with Gasteiger partial charge < -0.3 is 10.6 Å². The molecule has 2 aromatic heterocycles. The predicted molar refractivity (Wildman–Crippen MR) is 96.0 cm³/mol. The fourth-order valence-corrected chi connectivity index (χ4v) is 3.26. The van der Waals surface area contributed by atoms with E-state index >= 15 is 0 Å². The molecule has 0 atom stereocenters. The van der Waals surface area contributed by atoms with Crippen molar-refractivity contribution in [3.05, 3.63) is 35.7 Å². The highest BCUT2D eigenvalue weighted by atomic mass is 15.2. The zero-order valence-electron chi connectivity index (χ0n) is 14.5. The first-order chi connectivity index (χ1) is 11.7. The first kappa shape index (κ1) is 16.6. The molecule has 6 nitrogen and oxygen atoms in total. The van der Waals surface area contributed by atoms with Gasteiger partial charge in [-0.15, -0.1) is 10.2 Å². The lowest BCUT2D eigenvalue weighted by Gasteiger charge is -2.29. The molecule has 1 fully saturated rings. The molecule has 6 heteroatoms. The Hall–Kier alpha value is -2.24. The lowest BCUT2D eigenvalue weighted by molar-refractivity contribution is 0.293. The summed E-state index contributed by atoms with van der Waals surface area (Å²) in [5.41, 5.74) is 2.31. The Bertz CT molecular complexity index is 594. The van der Waals surface area contributed by atoms with Gasteiger partial charge in [-0.3, -0.25) is 0 Å². The van der Waals surface area contributed by atoms with Crippen molar-refractivity contribution in [1.82, 2.24) is 20.4 Å². The van der Waals surface area contributed by atoms with Crippen LogP contribution >= 0.6 is 0 Å². The van der Waals surface area contributed by atoms with Crippen molar-refractivity contribution in [2.24, 2.45) is 11.8 Å².